The number of unbranched alkanes of at least 4 members (excludes halogenated alkanes) is 4. The van der Waals surface area contributed by atoms with Crippen LogP contribution in [-0.2, 0) is 11.2 Å². The second-order valence-electron chi connectivity index (χ2n) is 6.16. The number of benzene rings is 1. The van der Waals surface area contributed by atoms with Crippen molar-refractivity contribution in [2.45, 2.75) is 58.0 Å². The van der Waals surface area contributed by atoms with Crippen LogP contribution in [-0.4, -0.2) is 18.8 Å². The molecule has 1 aromatic carbocycles. The molecule has 1 atom stereocenters. The van der Waals surface area contributed by atoms with Crippen molar-refractivity contribution in [3.63, 3.8) is 0 Å². The lowest BCUT2D eigenvalue weighted by molar-refractivity contribution is 0.201. The first-order valence-corrected chi connectivity index (χ1v) is 8.19. The molecule has 0 radical (unpaired) electrons. The number of hydrogen-bond acceptors (Lipinski definition) is 2. The summed E-state index contributed by atoms with van der Waals surface area (Å²) in [6.45, 7) is 5.67. The molecule has 0 aromatic heterocycles. The standard InChI is InChI=1S/C19H28O2/c1-3-4-5-6-7-8-9-12-17-13-10-11-14-18(17)20-15-19(2)16-21-19/h3-4,10-11,13-14H,5-9,12,15-16H2,1-2H3/b4-3+. The summed E-state index contributed by atoms with van der Waals surface area (Å²) in [5.41, 5.74) is 1.29. The van der Waals surface area contributed by atoms with Gasteiger partial charge in [0.2, 0.25) is 0 Å². The van der Waals surface area contributed by atoms with Crippen molar-refractivity contribution < 1.29 is 9.47 Å². The van der Waals surface area contributed by atoms with Gasteiger partial charge in [0.25, 0.3) is 0 Å². The summed E-state index contributed by atoms with van der Waals surface area (Å²) in [5, 5.41) is 0. The molecule has 0 saturated carbocycles. The molecule has 2 nitrogen and oxygen atoms in total. The molecule has 1 fully saturated rings. The van der Waals surface area contributed by atoms with Crippen molar-refractivity contribution in [1.82, 2.24) is 0 Å². The summed E-state index contributed by atoms with van der Waals surface area (Å²) in [6, 6.07) is 8.41. The Morgan fingerprint density at radius 1 is 1.19 bits per heavy atom. The zero-order valence-electron chi connectivity index (χ0n) is 13.4. The topological polar surface area (TPSA) is 21.8 Å². The zero-order chi connectivity index (χ0) is 15.0. The van der Waals surface area contributed by atoms with Gasteiger partial charge in [-0.2, -0.15) is 0 Å². The average Bonchev–Trinajstić information content (AvgIpc) is 3.23. The van der Waals surface area contributed by atoms with Gasteiger partial charge in [0.1, 0.15) is 18.0 Å². The number of hydrogen-bond donors (Lipinski definition) is 0. The number of aryl methyl sites for hydroxylation is 1. The molecule has 1 saturated heterocycles. The summed E-state index contributed by atoms with van der Waals surface area (Å²) < 4.78 is 11.3. The van der Waals surface area contributed by atoms with Gasteiger partial charge in [-0.25, -0.2) is 0 Å². The Balaban J connectivity index is 1.69. The molecule has 1 unspecified atom stereocenters. The molecule has 0 aliphatic carbocycles. The fraction of sp³-hybridized carbons (Fsp3) is 0.579. The van der Waals surface area contributed by atoms with E-state index in [1.165, 1.54) is 37.7 Å². The second-order valence-corrected chi connectivity index (χ2v) is 6.16. The van der Waals surface area contributed by atoms with Crippen LogP contribution >= 0.6 is 0 Å². The van der Waals surface area contributed by atoms with E-state index < -0.39 is 0 Å². The highest BCUT2D eigenvalue weighted by molar-refractivity contribution is 5.33. The van der Waals surface area contributed by atoms with Crippen LogP contribution < -0.4 is 4.74 Å². The van der Waals surface area contributed by atoms with Crippen LogP contribution in [0.2, 0.25) is 0 Å². The smallest absolute Gasteiger partial charge is 0.123 e. The summed E-state index contributed by atoms with van der Waals surface area (Å²) in [5.74, 6) is 1.03. The third-order valence-electron chi connectivity index (χ3n) is 3.95. The van der Waals surface area contributed by atoms with Gasteiger partial charge in [-0.3, -0.25) is 0 Å². The van der Waals surface area contributed by atoms with E-state index in [2.05, 4.69) is 44.2 Å². The van der Waals surface area contributed by atoms with E-state index >= 15 is 0 Å². The minimum absolute atomic E-state index is 0.0418. The maximum atomic E-state index is 5.94. The lowest BCUT2D eigenvalue weighted by Gasteiger charge is -2.13. The third-order valence-corrected chi connectivity index (χ3v) is 3.95. The quantitative estimate of drug-likeness (QED) is 0.346. The maximum absolute atomic E-state index is 5.94. The van der Waals surface area contributed by atoms with Gasteiger partial charge in [0.05, 0.1) is 6.61 Å². The predicted molar refractivity (Wildman–Crippen MR) is 87.9 cm³/mol. The summed E-state index contributed by atoms with van der Waals surface area (Å²) in [4.78, 5) is 0. The van der Waals surface area contributed by atoms with E-state index in [9.17, 15) is 0 Å². The molecule has 0 N–H and O–H groups in total. The Kier molecular flexibility index (Phi) is 6.31. The van der Waals surface area contributed by atoms with Crippen molar-refractivity contribution in [2.75, 3.05) is 13.2 Å². The highest BCUT2D eigenvalue weighted by atomic mass is 16.6. The van der Waals surface area contributed by atoms with Gasteiger partial charge in [0.15, 0.2) is 0 Å². The fourth-order valence-corrected chi connectivity index (χ4v) is 2.39. The van der Waals surface area contributed by atoms with Crippen LogP contribution in [0, 0.1) is 0 Å². The van der Waals surface area contributed by atoms with Crippen molar-refractivity contribution in [3.8, 4) is 5.75 Å². The normalized spacial score (nSPS) is 20.9. The van der Waals surface area contributed by atoms with Crippen molar-refractivity contribution in [3.05, 3.63) is 42.0 Å². The predicted octanol–water partition coefficient (Wildman–Crippen LogP) is 4.92. The molecule has 116 valence electrons. The van der Waals surface area contributed by atoms with Gasteiger partial charge in [-0.15, -0.1) is 0 Å². The van der Waals surface area contributed by atoms with E-state index in [1.54, 1.807) is 0 Å². The Morgan fingerprint density at radius 3 is 2.71 bits per heavy atom. The minimum atomic E-state index is -0.0418. The van der Waals surface area contributed by atoms with Gasteiger partial charge in [-0.05, 0) is 51.2 Å². The van der Waals surface area contributed by atoms with Crippen LogP contribution in [0.5, 0.6) is 5.75 Å². The molecular weight excluding hydrogens is 260 g/mol. The first-order chi connectivity index (χ1) is 10.2. The van der Waals surface area contributed by atoms with E-state index in [4.69, 9.17) is 9.47 Å². The number of allylic oxidation sites excluding steroid dienone is 2. The molecule has 0 bridgehead atoms. The highest BCUT2D eigenvalue weighted by Crippen LogP contribution is 2.28. The van der Waals surface area contributed by atoms with Crippen molar-refractivity contribution >= 4 is 0 Å². The lowest BCUT2D eigenvalue weighted by Crippen LogP contribution is -2.17. The summed E-state index contributed by atoms with van der Waals surface area (Å²) in [7, 11) is 0. The summed E-state index contributed by atoms with van der Waals surface area (Å²) >= 11 is 0. The zero-order valence-corrected chi connectivity index (χ0v) is 13.4. The minimum Gasteiger partial charge on any atom is -0.490 e. The number of ether oxygens (including phenoxy) is 2. The summed E-state index contributed by atoms with van der Waals surface area (Å²) in [6.07, 6.45) is 11.9. The Labute approximate surface area is 129 Å². The van der Waals surface area contributed by atoms with E-state index in [1.807, 2.05) is 6.07 Å². The molecular formula is C19H28O2. The van der Waals surface area contributed by atoms with Gasteiger partial charge < -0.3 is 9.47 Å². The third kappa shape index (κ3) is 5.92. The van der Waals surface area contributed by atoms with Crippen molar-refractivity contribution in [1.29, 1.82) is 0 Å². The Hall–Kier alpha value is -1.28. The SMILES string of the molecule is C/C=C/CCCCCCc1ccccc1OCC1(C)CO1. The Morgan fingerprint density at radius 2 is 1.95 bits per heavy atom. The highest BCUT2D eigenvalue weighted by Gasteiger charge is 2.40. The largest absolute Gasteiger partial charge is 0.490 e. The number of para-hydroxylation sites is 1. The molecule has 0 spiro atoms. The first-order valence-electron chi connectivity index (χ1n) is 8.19. The van der Waals surface area contributed by atoms with Crippen LogP contribution in [0.3, 0.4) is 0 Å². The van der Waals surface area contributed by atoms with Crippen LogP contribution in [0.15, 0.2) is 36.4 Å². The van der Waals surface area contributed by atoms with Gasteiger partial charge in [-0.1, -0.05) is 43.2 Å². The Bertz CT molecular complexity index is 447. The molecule has 1 aliphatic rings. The first kappa shape index (κ1) is 16.1. The van der Waals surface area contributed by atoms with Gasteiger partial charge >= 0.3 is 0 Å². The molecule has 2 heteroatoms. The molecule has 21 heavy (non-hydrogen) atoms. The van der Waals surface area contributed by atoms with Crippen molar-refractivity contribution in [2.24, 2.45) is 0 Å². The second kappa shape index (κ2) is 8.23. The average molecular weight is 288 g/mol. The molecule has 2 rings (SSSR count). The van der Waals surface area contributed by atoms with E-state index in [0.29, 0.717) is 6.61 Å². The molecule has 1 aromatic rings. The van der Waals surface area contributed by atoms with E-state index in [0.717, 1.165) is 18.8 Å². The molecule has 1 heterocycles. The van der Waals surface area contributed by atoms with Gasteiger partial charge in [0, 0.05) is 0 Å². The number of rotatable bonds is 10. The van der Waals surface area contributed by atoms with E-state index in [-0.39, 0.29) is 5.60 Å². The fourth-order valence-electron chi connectivity index (χ4n) is 2.39. The maximum Gasteiger partial charge on any atom is 0.123 e. The number of epoxide rings is 1. The lowest BCUT2D eigenvalue weighted by atomic mass is 10.0. The monoisotopic (exact) mass is 288 g/mol. The van der Waals surface area contributed by atoms with Crippen LogP contribution in [0.25, 0.3) is 0 Å². The molecule has 0 amide bonds. The van der Waals surface area contributed by atoms with Crippen LogP contribution in [0.4, 0.5) is 0 Å². The van der Waals surface area contributed by atoms with Crippen LogP contribution in [0.1, 0.15) is 51.5 Å². The molecule has 1 aliphatic heterocycles.